The van der Waals surface area contributed by atoms with Crippen LogP contribution in [0.4, 0.5) is 0 Å². The average Bonchev–Trinajstić information content (AvgIpc) is 2.35. The Morgan fingerprint density at radius 2 is 1.94 bits per heavy atom. The summed E-state index contributed by atoms with van der Waals surface area (Å²) >= 11 is 0. The Labute approximate surface area is 112 Å². The first kappa shape index (κ1) is 15.9. The van der Waals surface area contributed by atoms with E-state index in [2.05, 4.69) is 10.0 Å². The number of likely N-dealkylation sites (N-methyl/N-ethyl adjacent to an activating group) is 1. The van der Waals surface area contributed by atoms with Gasteiger partial charge in [-0.3, -0.25) is 0 Å². The molecular formula is C12H27N3O2S. The lowest BCUT2D eigenvalue weighted by atomic mass is 9.99. The van der Waals surface area contributed by atoms with E-state index in [1.807, 2.05) is 27.8 Å². The van der Waals surface area contributed by atoms with Crippen molar-refractivity contribution in [3.63, 3.8) is 0 Å². The fourth-order valence-corrected chi connectivity index (χ4v) is 4.00. The Kier molecular flexibility index (Phi) is 6.04. The van der Waals surface area contributed by atoms with Crippen LogP contribution in [0.25, 0.3) is 0 Å². The first-order valence-corrected chi connectivity index (χ1v) is 8.26. The highest BCUT2D eigenvalue weighted by molar-refractivity contribution is 7.87. The van der Waals surface area contributed by atoms with Gasteiger partial charge in [-0.05, 0) is 32.7 Å². The van der Waals surface area contributed by atoms with Crippen molar-refractivity contribution in [2.24, 2.45) is 5.92 Å². The molecule has 1 aliphatic rings. The molecule has 2 N–H and O–H groups in total. The molecule has 2 unspecified atom stereocenters. The summed E-state index contributed by atoms with van der Waals surface area (Å²) in [4.78, 5) is 0. The predicted octanol–water partition coefficient (Wildman–Crippen LogP) is 0.939. The molecule has 18 heavy (non-hydrogen) atoms. The Bertz CT molecular complexity index is 343. The Morgan fingerprint density at radius 1 is 1.28 bits per heavy atom. The van der Waals surface area contributed by atoms with Gasteiger partial charge in [0.05, 0.1) is 0 Å². The second-order valence-electron chi connectivity index (χ2n) is 5.50. The monoisotopic (exact) mass is 277 g/mol. The van der Waals surface area contributed by atoms with Crippen molar-refractivity contribution in [1.82, 2.24) is 14.3 Å². The smallest absolute Gasteiger partial charge is 0.279 e. The van der Waals surface area contributed by atoms with Gasteiger partial charge in [0.2, 0.25) is 0 Å². The van der Waals surface area contributed by atoms with Crippen LogP contribution in [0.5, 0.6) is 0 Å². The van der Waals surface area contributed by atoms with Crippen LogP contribution >= 0.6 is 0 Å². The van der Waals surface area contributed by atoms with Gasteiger partial charge in [-0.25, -0.2) is 4.72 Å². The van der Waals surface area contributed by atoms with Gasteiger partial charge in [0.1, 0.15) is 0 Å². The van der Waals surface area contributed by atoms with Crippen molar-refractivity contribution in [3.8, 4) is 0 Å². The highest BCUT2D eigenvalue weighted by atomic mass is 32.2. The van der Waals surface area contributed by atoms with Gasteiger partial charge in [-0.15, -0.1) is 0 Å². The lowest BCUT2D eigenvalue weighted by molar-refractivity contribution is 0.211. The van der Waals surface area contributed by atoms with Crippen LogP contribution in [0.3, 0.4) is 0 Å². The summed E-state index contributed by atoms with van der Waals surface area (Å²) in [6.45, 7) is 7.18. The third-order valence-corrected chi connectivity index (χ3v) is 5.12. The summed E-state index contributed by atoms with van der Waals surface area (Å²) in [7, 11) is -1.46. The molecular weight excluding hydrogens is 250 g/mol. The van der Waals surface area contributed by atoms with Crippen LogP contribution in [0.2, 0.25) is 0 Å². The zero-order valence-corrected chi connectivity index (χ0v) is 12.8. The first-order valence-electron chi connectivity index (χ1n) is 6.82. The lowest BCUT2D eigenvalue weighted by Crippen LogP contribution is -2.55. The Hall–Kier alpha value is -0.170. The second kappa shape index (κ2) is 6.84. The molecule has 2 atom stereocenters. The minimum Gasteiger partial charge on any atom is -0.316 e. The van der Waals surface area contributed by atoms with Crippen LogP contribution in [-0.2, 0) is 10.2 Å². The molecule has 0 amide bonds. The molecule has 0 bridgehead atoms. The molecule has 108 valence electrons. The van der Waals surface area contributed by atoms with Crippen LogP contribution in [0.15, 0.2) is 0 Å². The third-order valence-electron chi connectivity index (χ3n) is 3.51. The minimum absolute atomic E-state index is 0.0633. The number of piperidine rings is 1. The van der Waals surface area contributed by atoms with E-state index >= 15 is 0 Å². The van der Waals surface area contributed by atoms with Crippen molar-refractivity contribution in [2.45, 2.75) is 52.1 Å². The van der Waals surface area contributed by atoms with Gasteiger partial charge in [-0.2, -0.15) is 12.7 Å². The lowest BCUT2D eigenvalue weighted by Gasteiger charge is -2.38. The van der Waals surface area contributed by atoms with Crippen LogP contribution in [-0.4, -0.2) is 44.9 Å². The minimum atomic E-state index is -3.34. The van der Waals surface area contributed by atoms with Gasteiger partial charge in [0.25, 0.3) is 10.2 Å². The predicted molar refractivity (Wildman–Crippen MR) is 74.6 cm³/mol. The van der Waals surface area contributed by atoms with E-state index in [1.54, 1.807) is 4.31 Å². The molecule has 1 fully saturated rings. The van der Waals surface area contributed by atoms with E-state index in [0.717, 1.165) is 19.3 Å². The third kappa shape index (κ3) is 4.19. The van der Waals surface area contributed by atoms with Crippen molar-refractivity contribution < 1.29 is 8.42 Å². The molecule has 0 saturated carbocycles. The van der Waals surface area contributed by atoms with Gasteiger partial charge in [-0.1, -0.05) is 20.3 Å². The van der Waals surface area contributed by atoms with E-state index in [-0.39, 0.29) is 12.1 Å². The van der Waals surface area contributed by atoms with E-state index < -0.39 is 10.2 Å². The highest BCUT2D eigenvalue weighted by Crippen LogP contribution is 2.22. The van der Waals surface area contributed by atoms with Gasteiger partial charge in [0.15, 0.2) is 0 Å². The van der Waals surface area contributed by atoms with Crippen LogP contribution in [0.1, 0.15) is 40.0 Å². The molecule has 0 aliphatic carbocycles. The highest BCUT2D eigenvalue weighted by Gasteiger charge is 2.34. The average molecular weight is 277 g/mol. The normalized spacial score (nSPS) is 24.4. The zero-order chi connectivity index (χ0) is 13.8. The summed E-state index contributed by atoms with van der Waals surface area (Å²) in [5, 5.41) is 3.17. The maximum atomic E-state index is 12.3. The molecule has 5 nitrogen and oxygen atoms in total. The summed E-state index contributed by atoms with van der Waals surface area (Å²) < 4.78 is 29.0. The van der Waals surface area contributed by atoms with Crippen LogP contribution < -0.4 is 10.0 Å². The molecule has 1 saturated heterocycles. The largest absolute Gasteiger partial charge is 0.316 e. The maximum Gasteiger partial charge on any atom is 0.279 e. The SMILES string of the molecule is CNC(C)C1CCCCN1S(=O)(=O)NCC(C)C. The Morgan fingerprint density at radius 3 is 2.50 bits per heavy atom. The van der Waals surface area contributed by atoms with E-state index in [0.29, 0.717) is 19.0 Å². The molecule has 1 aliphatic heterocycles. The number of nitrogens with zero attached hydrogens (tertiary/aromatic N) is 1. The summed E-state index contributed by atoms with van der Waals surface area (Å²) in [5.41, 5.74) is 0. The van der Waals surface area contributed by atoms with Crippen molar-refractivity contribution in [1.29, 1.82) is 0 Å². The van der Waals surface area contributed by atoms with Crippen molar-refractivity contribution in [3.05, 3.63) is 0 Å². The van der Waals surface area contributed by atoms with Gasteiger partial charge < -0.3 is 5.32 Å². The fraction of sp³-hybridized carbons (Fsp3) is 1.00. The molecule has 0 aromatic heterocycles. The summed E-state index contributed by atoms with van der Waals surface area (Å²) in [6, 6.07) is 0.245. The summed E-state index contributed by atoms with van der Waals surface area (Å²) in [6.07, 6.45) is 2.99. The molecule has 0 spiro atoms. The quantitative estimate of drug-likeness (QED) is 0.759. The molecule has 0 aromatic rings. The maximum absolute atomic E-state index is 12.3. The van der Waals surface area contributed by atoms with E-state index in [4.69, 9.17) is 0 Å². The topological polar surface area (TPSA) is 61.4 Å². The zero-order valence-electron chi connectivity index (χ0n) is 11.9. The van der Waals surface area contributed by atoms with Crippen LogP contribution in [0, 0.1) is 5.92 Å². The molecule has 1 rings (SSSR count). The molecule has 0 radical (unpaired) electrons. The first-order chi connectivity index (χ1) is 8.38. The van der Waals surface area contributed by atoms with Crippen molar-refractivity contribution >= 4 is 10.2 Å². The Balaban J connectivity index is 2.76. The van der Waals surface area contributed by atoms with E-state index in [1.165, 1.54) is 0 Å². The van der Waals surface area contributed by atoms with Crippen molar-refractivity contribution in [2.75, 3.05) is 20.1 Å². The fourth-order valence-electron chi connectivity index (χ4n) is 2.28. The molecule has 0 aromatic carbocycles. The molecule has 1 heterocycles. The number of nitrogens with one attached hydrogen (secondary N) is 2. The van der Waals surface area contributed by atoms with Gasteiger partial charge >= 0.3 is 0 Å². The standard InChI is InChI=1S/C12H27N3O2S/c1-10(2)9-14-18(16,17)15-8-6-5-7-12(15)11(3)13-4/h10-14H,5-9H2,1-4H3. The second-order valence-corrected chi connectivity index (χ2v) is 7.21. The molecule has 6 heteroatoms. The number of hydrogen-bond donors (Lipinski definition) is 2. The summed E-state index contributed by atoms with van der Waals surface area (Å²) in [5.74, 6) is 0.324. The number of hydrogen-bond acceptors (Lipinski definition) is 3. The number of rotatable bonds is 6. The van der Waals surface area contributed by atoms with Gasteiger partial charge in [0, 0.05) is 25.2 Å². The van der Waals surface area contributed by atoms with E-state index in [9.17, 15) is 8.42 Å².